The molecular formula is C29H38ClN3O3S. The minimum Gasteiger partial charge on any atom is -0.341 e. The Morgan fingerprint density at radius 2 is 1.70 bits per heavy atom. The fraction of sp³-hybridized carbons (Fsp3) is 0.448. The Bertz CT molecular complexity index is 1210. The van der Waals surface area contributed by atoms with Crippen molar-refractivity contribution in [3.8, 4) is 0 Å². The molecule has 8 heteroatoms. The number of likely N-dealkylation sites (tertiary alicyclic amines) is 1. The molecule has 0 radical (unpaired) electrons. The molecule has 1 fully saturated rings. The van der Waals surface area contributed by atoms with Gasteiger partial charge in [-0.25, -0.2) is 4.98 Å². The first-order valence-electron chi connectivity index (χ1n) is 12.9. The summed E-state index contributed by atoms with van der Waals surface area (Å²) in [5.41, 5.74) is 1.37. The van der Waals surface area contributed by atoms with Crippen molar-refractivity contribution in [2.45, 2.75) is 70.8 Å². The van der Waals surface area contributed by atoms with Crippen molar-refractivity contribution in [1.29, 1.82) is 0 Å². The number of aldehydes is 1. The standard InChI is InChI=1S/C22H22ClN3O2S.C5H12.C2H4O/c1-2-26-20(27)17-14-16(23)10-11-18(17)24-22(26)29-19(15-8-4-3-5-9-15)21(28)25-12-6-7-13-25;1-4-5(2)3;1-2-3/h3-5,8-11,14,19H,2,6-7,12-13H2,1H3;5H,4H2,1-3H3;2H,1H3. The van der Waals surface area contributed by atoms with Crippen LogP contribution in [0.25, 0.3) is 10.9 Å². The minimum absolute atomic E-state index is 0.0757. The van der Waals surface area contributed by atoms with Gasteiger partial charge >= 0.3 is 0 Å². The normalized spacial score (nSPS) is 13.4. The molecule has 2 aromatic carbocycles. The van der Waals surface area contributed by atoms with Gasteiger partial charge in [0.1, 0.15) is 11.5 Å². The number of hydrogen-bond donors (Lipinski definition) is 0. The van der Waals surface area contributed by atoms with Gasteiger partial charge in [-0.1, -0.05) is 80.9 Å². The molecule has 200 valence electrons. The Morgan fingerprint density at radius 1 is 1.11 bits per heavy atom. The molecule has 1 atom stereocenters. The number of nitrogens with zero attached hydrogens (tertiary/aromatic N) is 3. The molecule has 1 aliphatic heterocycles. The molecule has 1 unspecified atom stereocenters. The highest BCUT2D eigenvalue weighted by atomic mass is 35.5. The first-order valence-corrected chi connectivity index (χ1v) is 14.1. The summed E-state index contributed by atoms with van der Waals surface area (Å²) in [6.45, 7) is 12.0. The zero-order valence-corrected chi connectivity index (χ0v) is 24.0. The van der Waals surface area contributed by atoms with Gasteiger partial charge < -0.3 is 9.69 Å². The third-order valence-electron chi connectivity index (χ3n) is 5.98. The predicted octanol–water partition coefficient (Wildman–Crippen LogP) is 6.78. The molecule has 6 nitrogen and oxygen atoms in total. The molecule has 1 saturated heterocycles. The zero-order chi connectivity index (χ0) is 27.4. The van der Waals surface area contributed by atoms with Gasteiger partial charge in [0, 0.05) is 24.7 Å². The second-order valence-electron chi connectivity index (χ2n) is 9.08. The van der Waals surface area contributed by atoms with Crippen LogP contribution >= 0.6 is 23.4 Å². The summed E-state index contributed by atoms with van der Waals surface area (Å²) in [4.78, 5) is 41.8. The lowest BCUT2D eigenvalue weighted by molar-refractivity contribution is -0.129. The van der Waals surface area contributed by atoms with E-state index >= 15 is 0 Å². The second kappa shape index (κ2) is 15.6. The first kappa shape index (κ1) is 30.6. The van der Waals surface area contributed by atoms with Crippen molar-refractivity contribution < 1.29 is 9.59 Å². The number of amides is 1. The summed E-state index contributed by atoms with van der Waals surface area (Å²) in [7, 11) is 0. The van der Waals surface area contributed by atoms with Crippen LogP contribution in [-0.2, 0) is 16.1 Å². The zero-order valence-electron chi connectivity index (χ0n) is 22.4. The van der Waals surface area contributed by atoms with Crippen molar-refractivity contribution in [3.63, 3.8) is 0 Å². The van der Waals surface area contributed by atoms with Crippen LogP contribution in [0.1, 0.15) is 64.7 Å². The van der Waals surface area contributed by atoms with Crippen molar-refractivity contribution in [3.05, 3.63) is 69.5 Å². The SMILES string of the molecule is CC=O.CCC(C)C.CCn1c(SC(C(=O)N2CCCC2)c2ccccc2)nc2ccc(Cl)cc2c1=O. The fourth-order valence-corrected chi connectivity index (χ4v) is 5.06. The summed E-state index contributed by atoms with van der Waals surface area (Å²) in [6.07, 6.45) is 4.12. The number of carbonyl (C=O) groups is 2. The van der Waals surface area contributed by atoms with Crippen LogP contribution < -0.4 is 5.56 Å². The summed E-state index contributed by atoms with van der Waals surface area (Å²) in [5, 5.41) is 1.11. The van der Waals surface area contributed by atoms with Gasteiger partial charge in [0.25, 0.3) is 5.56 Å². The molecule has 4 rings (SSSR count). The number of halogens is 1. The van der Waals surface area contributed by atoms with Crippen LogP contribution in [0, 0.1) is 5.92 Å². The third kappa shape index (κ3) is 8.71. The van der Waals surface area contributed by atoms with Gasteiger partial charge in [-0.2, -0.15) is 0 Å². The number of rotatable bonds is 6. The van der Waals surface area contributed by atoms with E-state index < -0.39 is 5.25 Å². The Hall–Kier alpha value is -2.64. The molecule has 0 aliphatic carbocycles. The molecule has 0 N–H and O–H groups in total. The molecule has 0 bridgehead atoms. The number of aromatic nitrogens is 2. The molecule has 0 saturated carbocycles. The lowest BCUT2D eigenvalue weighted by Crippen LogP contribution is -2.32. The topological polar surface area (TPSA) is 72.3 Å². The van der Waals surface area contributed by atoms with E-state index in [0.717, 1.165) is 43.7 Å². The molecule has 1 aliphatic rings. The van der Waals surface area contributed by atoms with E-state index in [4.69, 9.17) is 21.4 Å². The van der Waals surface area contributed by atoms with Crippen LogP contribution in [-0.4, -0.2) is 39.7 Å². The number of hydrogen-bond acceptors (Lipinski definition) is 5. The molecule has 1 amide bonds. The van der Waals surface area contributed by atoms with Gasteiger partial charge in [0.05, 0.1) is 10.9 Å². The number of fused-ring (bicyclic) bond motifs is 1. The van der Waals surface area contributed by atoms with Crippen LogP contribution in [0.5, 0.6) is 0 Å². The van der Waals surface area contributed by atoms with Crippen LogP contribution in [0.15, 0.2) is 58.5 Å². The molecular weight excluding hydrogens is 506 g/mol. The highest BCUT2D eigenvalue weighted by Crippen LogP contribution is 2.37. The molecule has 3 aromatic rings. The van der Waals surface area contributed by atoms with E-state index in [0.29, 0.717) is 27.6 Å². The quantitative estimate of drug-likeness (QED) is 0.194. The molecule has 0 spiro atoms. The second-order valence-corrected chi connectivity index (χ2v) is 10.6. The Labute approximate surface area is 229 Å². The number of benzene rings is 2. The maximum absolute atomic E-state index is 13.3. The Morgan fingerprint density at radius 3 is 2.24 bits per heavy atom. The largest absolute Gasteiger partial charge is 0.341 e. The maximum atomic E-state index is 13.3. The lowest BCUT2D eigenvalue weighted by atomic mass is 10.1. The monoisotopic (exact) mass is 543 g/mol. The van der Waals surface area contributed by atoms with Gasteiger partial charge in [-0.3, -0.25) is 14.2 Å². The summed E-state index contributed by atoms with van der Waals surface area (Å²) < 4.78 is 1.62. The van der Waals surface area contributed by atoms with Crippen molar-refractivity contribution in [1.82, 2.24) is 14.5 Å². The molecule has 37 heavy (non-hydrogen) atoms. The summed E-state index contributed by atoms with van der Waals surface area (Å²) in [5.74, 6) is 0.960. The van der Waals surface area contributed by atoms with Crippen molar-refractivity contribution in [2.75, 3.05) is 13.1 Å². The number of carbonyl (C=O) groups excluding carboxylic acids is 2. The molecule has 2 heterocycles. The Kier molecular flexibility index (Phi) is 12.9. The average Bonchev–Trinajstić information content (AvgIpc) is 3.44. The smallest absolute Gasteiger partial charge is 0.262 e. The van der Waals surface area contributed by atoms with Gasteiger partial charge in [-0.15, -0.1) is 0 Å². The fourth-order valence-electron chi connectivity index (χ4n) is 3.64. The Balaban J connectivity index is 0.000000530. The van der Waals surface area contributed by atoms with Gasteiger partial charge in [0.15, 0.2) is 5.16 Å². The highest BCUT2D eigenvalue weighted by Gasteiger charge is 2.30. The van der Waals surface area contributed by atoms with Crippen LogP contribution in [0.3, 0.4) is 0 Å². The van der Waals surface area contributed by atoms with Crippen molar-refractivity contribution in [2.24, 2.45) is 5.92 Å². The molecule has 1 aromatic heterocycles. The summed E-state index contributed by atoms with van der Waals surface area (Å²) in [6, 6.07) is 14.9. The predicted molar refractivity (Wildman–Crippen MR) is 154 cm³/mol. The van der Waals surface area contributed by atoms with E-state index in [9.17, 15) is 9.59 Å². The lowest BCUT2D eigenvalue weighted by Gasteiger charge is -2.24. The average molecular weight is 544 g/mol. The minimum atomic E-state index is -0.441. The van der Waals surface area contributed by atoms with E-state index in [1.54, 1.807) is 22.8 Å². The first-order chi connectivity index (χ1) is 17.8. The van der Waals surface area contributed by atoms with Crippen LogP contribution in [0.4, 0.5) is 0 Å². The van der Waals surface area contributed by atoms with Crippen molar-refractivity contribution >= 4 is 46.5 Å². The van der Waals surface area contributed by atoms with Gasteiger partial charge in [0.2, 0.25) is 5.91 Å². The van der Waals surface area contributed by atoms with Crippen LogP contribution in [0.2, 0.25) is 5.02 Å². The summed E-state index contributed by atoms with van der Waals surface area (Å²) >= 11 is 7.42. The van der Waals surface area contributed by atoms with E-state index in [2.05, 4.69) is 20.8 Å². The maximum Gasteiger partial charge on any atom is 0.262 e. The number of thioether (sulfide) groups is 1. The van der Waals surface area contributed by atoms with E-state index in [-0.39, 0.29) is 11.5 Å². The van der Waals surface area contributed by atoms with E-state index in [1.807, 2.05) is 42.2 Å². The van der Waals surface area contributed by atoms with E-state index in [1.165, 1.54) is 25.1 Å². The van der Waals surface area contributed by atoms with Gasteiger partial charge in [-0.05, 0) is 56.4 Å². The highest BCUT2D eigenvalue weighted by molar-refractivity contribution is 8.00. The third-order valence-corrected chi connectivity index (χ3v) is 7.45.